The van der Waals surface area contributed by atoms with Crippen LogP contribution in [0.15, 0.2) is 23.1 Å². The summed E-state index contributed by atoms with van der Waals surface area (Å²) in [4.78, 5) is 15.4. The highest BCUT2D eigenvalue weighted by Gasteiger charge is 2.11. The summed E-state index contributed by atoms with van der Waals surface area (Å²) >= 11 is 7.66. The first-order valence-electron chi connectivity index (χ1n) is 6.46. The van der Waals surface area contributed by atoms with Crippen molar-refractivity contribution in [1.29, 1.82) is 0 Å². The Labute approximate surface area is 124 Å². The van der Waals surface area contributed by atoms with E-state index in [1.54, 1.807) is 17.8 Å². The molecule has 0 spiro atoms. The van der Waals surface area contributed by atoms with Gasteiger partial charge < -0.3 is 10.2 Å². The third-order valence-corrected chi connectivity index (χ3v) is 4.08. The van der Waals surface area contributed by atoms with E-state index in [-0.39, 0.29) is 5.91 Å². The van der Waals surface area contributed by atoms with Crippen LogP contribution in [0.1, 0.15) is 24.2 Å². The molecule has 1 amide bonds. The van der Waals surface area contributed by atoms with Crippen LogP contribution in [0, 0.1) is 0 Å². The number of halogens is 1. The van der Waals surface area contributed by atoms with Gasteiger partial charge in [-0.1, -0.05) is 25.4 Å². The van der Waals surface area contributed by atoms with Crippen LogP contribution in [-0.2, 0) is 0 Å². The fraction of sp³-hybridized carbons (Fsp3) is 0.500. The lowest BCUT2D eigenvalue weighted by molar-refractivity contribution is 0.0949. The molecule has 0 fully saturated rings. The van der Waals surface area contributed by atoms with E-state index in [1.807, 2.05) is 18.4 Å². The van der Waals surface area contributed by atoms with Gasteiger partial charge in [0.15, 0.2) is 0 Å². The molecule has 3 nitrogen and oxygen atoms in total. The number of hydrogen-bond donors (Lipinski definition) is 1. The van der Waals surface area contributed by atoms with Gasteiger partial charge in [0.05, 0.1) is 10.6 Å². The van der Waals surface area contributed by atoms with Gasteiger partial charge in [-0.05, 0) is 37.5 Å². The summed E-state index contributed by atoms with van der Waals surface area (Å²) in [7, 11) is 0. The maximum Gasteiger partial charge on any atom is 0.252 e. The fourth-order valence-electron chi connectivity index (χ4n) is 1.77. The predicted molar refractivity (Wildman–Crippen MR) is 83.4 cm³/mol. The highest BCUT2D eigenvalue weighted by atomic mass is 35.5. The lowest BCUT2D eigenvalue weighted by Gasteiger charge is -2.18. The minimum Gasteiger partial charge on any atom is -0.351 e. The number of amides is 1. The number of benzene rings is 1. The van der Waals surface area contributed by atoms with E-state index in [2.05, 4.69) is 24.1 Å². The minimum atomic E-state index is -0.104. The summed E-state index contributed by atoms with van der Waals surface area (Å²) in [6.45, 7) is 7.72. The standard InChI is InChI=1S/C14H21ClN2OS/c1-4-17(5-2)9-8-16-14(18)12-10-11(19-3)6-7-13(12)15/h6-7,10H,4-5,8-9H2,1-3H3,(H,16,18). The molecule has 19 heavy (non-hydrogen) atoms. The molecule has 5 heteroatoms. The number of rotatable bonds is 7. The Morgan fingerprint density at radius 2 is 2.05 bits per heavy atom. The molecule has 0 atom stereocenters. The van der Waals surface area contributed by atoms with Crippen LogP contribution in [0.5, 0.6) is 0 Å². The summed E-state index contributed by atoms with van der Waals surface area (Å²) in [5.74, 6) is -0.104. The highest BCUT2D eigenvalue weighted by molar-refractivity contribution is 7.98. The second-order valence-electron chi connectivity index (χ2n) is 4.13. The Morgan fingerprint density at radius 3 is 2.63 bits per heavy atom. The predicted octanol–water partition coefficient (Wildman–Crippen LogP) is 3.13. The monoisotopic (exact) mass is 300 g/mol. The van der Waals surface area contributed by atoms with Gasteiger partial charge >= 0.3 is 0 Å². The van der Waals surface area contributed by atoms with E-state index in [9.17, 15) is 4.79 Å². The van der Waals surface area contributed by atoms with Crippen molar-refractivity contribution in [1.82, 2.24) is 10.2 Å². The highest BCUT2D eigenvalue weighted by Crippen LogP contribution is 2.22. The number of thioether (sulfide) groups is 1. The Kier molecular flexibility index (Phi) is 7.28. The van der Waals surface area contributed by atoms with Crippen molar-refractivity contribution in [2.45, 2.75) is 18.7 Å². The number of carbonyl (C=O) groups excluding carboxylic acids is 1. The van der Waals surface area contributed by atoms with E-state index < -0.39 is 0 Å². The molecule has 0 bridgehead atoms. The molecule has 0 saturated carbocycles. The second kappa shape index (κ2) is 8.46. The molecule has 0 aliphatic rings. The van der Waals surface area contributed by atoms with E-state index >= 15 is 0 Å². The smallest absolute Gasteiger partial charge is 0.252 e. The topological polar surface area (TPSA) is 32.3 Å². The summed E-state index contributed by atoms with van der Waals surface area (Å²) in [5.41, 5.74) is 0.549. The van der Waals surface area contributed by atoms with Crippen molar-refractivity contribution in [2.75, 3.05) is 32.4 Å². The van der Waals surface area contributed by atoms with Gasteiger partial charge in [-0.3, -0.25) is 4.79 Å². The Balaban J connectivity index is 2.58. The lowest BCUT2D eigenvalue weighted by Crippen LogP contribution is -2.34. The average Bonchev–Trinajstić information content (AvgIpc) is 2.44. The van der Waals surface area contributed by atoms with Crippen LogP contribution in [-0.4, -0.2) is 43.2 Å². The molecule has 1 N–H and O–H groups in total. The molecule has 106 valence electrons. The number of likely N-dealkylation sites (N-methyl/N-ethyl adjacent to an activating group) is 1. The van der Waals surface area contributed by atoms with Gasteiger partial charge in [0.1, 0.15) is 0 Å². The molecule has 0 aromatic heterocycles. The first kappa shape index (κ1) is 16.3. The molecule has 0 radical (unpaired) electrons. The SMILES string of the molecule is CCN(CC)CCNC(=O)c1cc(SC)ccc1Cl. The van der Waals surface area contributed by atoms with Crippen molar-refractivity contribution in [3.63, 3.8) is 0 Å². The molecular weight excluding hydrogens is 280 g/mol. The number of carbonyl (C=O) groups is 1. The molecule has 0 unspecified atom stereocenters. The Bertz CT molecular complexity index is 422. The van der Waals surface area contributed by atoms with Gasteiger partial charge in [-0.2, -0.15) is 0 Å². The molecule has 0 saturated heterocycles. The van der Waals surface area contributed by atoms with Crippen LogP contribution >= 0.6 is 23.4 Å². The van der Waals surface area contributed by atoms with Gasteiger partial charge in [0.2, 0.25) is 0 Å². The van der Waals surface area contributed by atoms with Gasteiger partial charge in [-0.15, -0.1) is 11.8 Å². The number of nitrogens with one attached hydrogen (secondary N) is 1. The zero-order valence-electron chi connectivity index (χ0n) is 11.7. The van der Waals surface area contributed by atoms with E-state index in [0.29, 0.717) is 17.1 Å². The van der Waals surface area contributed by atoms with Crippen LogP contribution in [0.4, 0.5) is 0 Å². The maximum atomic E-state index is 12.1. The fourth-order valence-corrected chi connectivity index (χ4v) is 2.41. The van der Waals surface area contributed by atoms with Crippen LogP contribution in [0.2, 0.25) is 5.02 Å². The largest absolute Gasteiger partial charge is 0.351 e. The maximum absolute atomic E-state index is 12.1. The molecular formula is C14H21ClN2OS. The average molecular weight is 301 g/mol. The first-order valence-corrected chi connectivity index (χ1v) is 8.06. The summed E-state index contributed by atoms with van der Waals surface area (Å²) in [5, 5.41) is 3.41. The third kappa shape index (κ3) is 5.05. The normalized spacial score (nSPS) is 10.8. The molecule has 0 aliphatic carbocycles. The number of nitrogens with zero attached hydrogens (tertiary/aromatic N) is 1. The van der Waals surface area contributed by atoms with E-state index in [0.717, 1.165) is 24.5 Å². The van der Waals surface area contributed by atoms with E-state index in [1.165, 1.54) is 0 Å². The summed E-state index contributed by atoms with van der Waals surface area (Å²) in [6, 6.07) is 5.52. The zero-order chi connectivity index (χ0) is 14.3. The molecule has 1 aromatic carbocycles. The minimum absolute atomic E-state index is 0.104. The molecule has 1 rings (SSSR count). The van der Waals surface area contributed by atoms with Crippen molar-refractivity contribution in [3.05, 3.63) is 28.8 Å². The zero-order valence-corrected chi connectivity index (χ0v) is 13.3. The number of hydrogen-bond acceptors (Lipinski definition) is 3. The lowest BCUT2D eigenvalue weighted by atomic mass is 10.2. The van der Waals surface area contributed by atoms with Crippen LogP contribution < -0.4 is 5.32 Å². The first-order chi connectivity index (χ1) is 9.12. The summed E-state index contributed by atoms with van der Waals surface area (Å²) in [6.07, 6.45) is 1.98. The third-order valence-electron chi connectivity index (χ3n) is 3.03. The Hall–Kier alpha value is -0.710. The molecule has 0 heterocycles. The van der Waals surface area contributed by atoms with Crippen molar-refractivity contribution < 1.29 is 4.79 Å². The van der Waals surface area contributed by atoms with Crippen molar-refractivity contribution in [3.8, 4) is 0 Å². The molecule has 1 aromatic rings. The molecule has 0 aliphatic heterocycles. The van der Waals surface area contributed by atoms with Crippen molar-refractivity contribution in [2.24, 2.45) is 0 Å². The van der Waals surface area contributed by atoms with Gasteiger partial charge in [0, 0.05) is 18.0 Å². The second-order valence-corrected chi connectivity index (χ2v) is 5.42. The quantitative estimate of drug-likeness (QED) is 0.785. The van der Waals surface area contributed by atoms with Gasteiger partial charge in [0.25, 0.3) is 5.91 Å². The Morgan fingerprint density at radius 1 is 1.37 bits per heavy atom. The van der Waals surface area contributed by atoms with Crippen molar-refractivity contribution >= 4 is 29.3 Å². The van der Waals surface area contributed by atoms with Crippen LogP contribution in [0.3, 0.4) is 0 Å². The van der Waals surface area contributed by atoms with Crippen LogP contribution in [0.25, 0.3) is 0 Å². The van der Waals surface area contributed by atoms with E-state index in [4.69, 9.17) is 11.6 Å². The van der Waals surface area contributed by atoms with Gasteiger partial charge in [-0.25, -0.2) is 0 Å². The summed E-state index contributed by atoms with van der Waals surface area (Å²) < 4.78 is 0.